The van der Waals surface area contributed by atoms with Gasteiger partial charge in [-0.3, -0.25) is 19.1 Å². The molecule has 2 aromatic heterocycles. The molecule has 2 N–H and O–H groups in total. The Balaban J connectivity index is 1.65. The van der Waals surface area contributed by atoms with E-state index >= 15 is 0 Å². The van der Waals surface area contributed by atoms with E-state index < -0.39 is 23.0 Å². The third kappa shape index (κ3) is 3.68. The molecular formula is C21H15FN4O3. The number of aromatic nitrogens is 3. The first-order chi connectivity index (χ1) is 14.0. The van der Waals surface area contributed by atoms with Gasteiger partial charge in [0.25, 0.3) is 11.5 Å². The molecule has 2 aromatic carbocycles. The number of hydrogen-bond donors (Lipinski definition) is 2. The molecule has 4 rings (SSSR count). The van der Waals surface area contributed by atoms with Gasteiger partial charge in [0, 0.05) is 29.0 Å². The predicted molar refractivity (Wildman–Crippen MR) is 107 cm³/mol. The fourth-order valence-corrected chi connectivity index (χ4v) is 2.97. The summed E-state index contributed by atoms with van der Waals surface area (Å²) in [6, 6.07) is 14.6. The normalized spacial score (nSPS) is 10.8. The lowest BCUT2D eigenvalue weighted by atomic mass is 10.2. The molecule has 8 heteroatoms. The van der Waals surface area contributed by atoms with Crippen LogP contribution in [-0.2, 0) is 6.54 Å². The largest absolute Gasteiger partial charge is 0.328 e. The summed E-state index contributed by atoms with van der Waals surface area (Å²) < 4.78 is 14.7. The maximum absolute atomic E-state index is 13.9. The van der Waals surface area contributed by atoms with E-state index in [9.17, 15) is 18.8 Å². The van der Waals surface area contributed by atoms with Gasteiger partial charge in [0.05, 0.1) is 12.1 Å². The smallest absolute Gasteiger partial charge is 0.322 e. The number of nitrogens with zero attached hydrogens (tertiary/aromatic N) is 2. The molecule has 1 amide bonds. The second kappa shape index (κ2) is 7.51. The number of H-pyrrole nitrogens is 1. The standard InChI is InChI=1S/C21H15FN4O3/c22-17-6-2-1-4-14(17)12-26-20(28)16(11-24-21(26)29)19(27)25-15-7-8-18-13(10-15)5-3-9-23-18/h1-11H,12H2,(H,24,29)(H,25,27). The summed E-state index contributed by atoms with van der Waals surface area (Å²) in [5.74, 6) is -1.23. The van der Waals surface area contributed by atoms with E-state index in [1.165, 1.54) is 18.2 Å². The first kappa shape index (κ1) is 18.3. The lowest BCUT2D eigenvalue weighted by Crippen LogP contribution is -2.39. The van der Waals surface area contributed by atoms with Gasteiger partial charge in [-0.1, -0.05) is 24.3 Å². The Morgan fingerprint density at radius 3 is 2.76 bits per heavy atom. The molecule has 0 fully saturated rings. The fraction of sp³-hybridized carbons (Fsp3) is 0.0476. The summed E-state index contributed by atoms with van der Waals surface area (Å²) in [7, 11) is 0. The molecule has 0 aliphatic carbocycles. The number of aromatic amines is 1. The van der Waals surface area contributed by atoms with Gasteiger partial charge in [0.15, 0.2) is 0 Å². The Morgan fingerprint density at radius 1 is 1.10 bits per heavy atom. The van der Waals surface area contributed by atoms with Crippen LogP contribution < -0.4 is 16.6 Å². The first-order valence-electron chi connectivity index (χ1n) is 8.75. The highest BCUT2D eigenvalue weighted by atomic mass is 19.1. The maximum Gasteiger partial charge on any atom is 0.328 e. The van der Waals surface area contributed by atoms with Crippen molar-refractivity contribution in [3.8, 4) is 0 Å². The van der Waals surface area contributed by atoms with Gasteiger partial charge in [-0.05, 0) is 30.3 Å². The molecular weight excluding hydrogens is 375 g/mol. The van der Waals surface area contributed by atoms with Gasteiger partial charge in [0.2, 0.25) is 0 Å². The average molecular weight is 390 g/mol. The monoisotopic (exact) mass is 390 g/mol. The van der Waals surface area contributed by atoms with Gasteiger partial charge < -0.3 is 10.3 Å². The zero-order chi connectivity index (χ0) is 20.4. The first-order valence-corrected chi connectivity index (χ1v) is 8.75. The van der Waals surface area contributed by atoms with Gasteiger partial charge in [-0.15, -0.1) is 0 Å². The number of benzene rings is 2. The molecule has 144 valence electrons. The topological polar surface area (TPSA) is 96.8 Å². The van der Waals surface area contributed by atoms with Crippen LogP contribution in [0.25, 0.3) is 10.9 Å². The van der Waals surface area contributed by atoms with Crippen molar-refractivity contribution in [3.05, 3.63) is 105 Å². The number of fused-ring (bicyclic) bond motifs is 1. The summed E-state index contributed by atoms with van der Waals surface area (Å²) in [6.45, 7) is -0.288. The molecule has 0 saturated heterocycles. The molecule has 0 unspecified atom stereocenters. The van der Waals surface area contributed by atoms with E-state index in [1.54, 1.807) is 36.5 Å². The highest BCUT2D eigenvalue weighted by Gasteiger charge is 2.16. The number of amides is 1. The quantitative estimate of drug-likeness (QED) is 0.560. The van der Waals surface area contributed by atoms with Crippen molar-refractivity contribution in [2.24, 2.45) is 0 Å². The van der Waals surface area contributed by atoms with E-state index in [1.807, 2.05) is 6.07 Å². The van der Waals surface area contributed by atoms with Gasteiger partial charge in [-0.2, -0.15) is 0 Å². The number of nitrogens with one attached hydrogen (secondary N) is 2. The van der Waals surface area contributed by atoms with Crippen LogP contribution in [0.1, 0.15) is 15.9 Å². The molecule has 0 radical (unpaired) electrons. The highest BCUT2D eigenvalue weighted by molar-refractivity contribution is 6.04. The Hall–Kier alpha value is -4.07. The van der Waals surface area contributed by atoms with Crippen molar-refractivity contribution in [1.82, 2.24) is 14.5 Å². The zero-order valence-corrected chi connectivity index (χ0v) is 15.1. The number of halogens is 1. The van der Waals surface area contributed by atoms with Crippen LogP contribution in [0.3, 0.4) is 0 Å². The minimum atomic E-state index is -0.808. The molecule has 4 aromatic rings. The van der Waals surface area contributed by atoms with Crippen LogP contribution in [0, 0.1) is 5.82 Å². The van der Waals surface area contributed by atoms with E-state index in [2.05, 4.69) is 15.3 Å². The van der Waals surface area contributed by atoms with Crippen LogP contribution in [0.2, 0.25) is 0 Å². The zero-order valence-electron chi connectivity index (χ0n) is 15.1. The van der Waals surface area contributed by atoms with Crippen molar-refractivity contribution < 1.29 is 9.18 Å². The number of hydrogen-bond acceptors (Lipinski definition) is 4. The summed E-state index contributed by atoms with van der Waals surface area (Å²) >= 11 is 0. The highest BCUT2D eigenvalue weighted by Crippen LogP contribution is 2.17. The Labute approximate surface area is 163 Å². The molecule has 0 aliphatic rings. The number of anilines is 1. The summed E-state index contributed by atoms with van der Waals surface area (Å²) in [5.41, 5.74) is -0.390. The third-order valence-corrected chi connectivity index (χ3v) is 4.45. The molecule has 2 heterocycles. The summed E-state index contributed by atoms with van der Waals surface area (Å²) in [4.78, 5) is 44.0. The Bertz CT molecular complexity index is 1340. The summed E-state index contributed by atoms with van der Waals surface area (Å²) in [5, 5.41) is 3.46. The van der Waals surface area contributed by atoms with Gasteiger partial charge >= 0.3 is 5.69 Å². The number of carbonyl (C=O) groups is 1. The molecule has 29 heavy (non-hydrogen) atoms. The second-order valence-corrected chi connectivity index (χ2v) is 6.36. The summed E-state index contributed by atoms with van der Waals surface area (Å²) in [6.07, 6.45) is 2.72. The average Bonchev–Trinajstić information content (AvgIpc) is 2.72. The minimum absolute atomic E-state index is 0.166. The lowest BCUT2D eigenvalue weighted by Gasteiger charge is -2.09. The third-order valence-electron chi connectivity index (χ3n) is 4.45. The van der Waals surface area contributed by atoms with Crippen LogP contribution in [0.15, 0.2) is 76.6 Å². The molecule has 0 spiro atoms. The van der Waals surface area contributed by atoms with Crippen LogP contribution in [-0.4, -0.2) is 20.4 Å². The van der Waals surface area contributed by atoms with Crippen molar-refractivity contribution in [1.29, 1.82) is 0 Å². The van der Waals surface area contributed by atoms with Crippen LogP contribution in [0.4, 0.5) is 10.1 Å². The minimum Gasteiger partial charge on any atom is -0.322 e. The van der Waals surface area contributed by atoms with E-state index in [-0.39, 0.29) is 17.7 Å². The van der Waals surface area contributed by atoms with Crippen LogP contribution in [0.5, 0.6) is 0 Å². The van der Waals surface area contributed by atoms with E-state index in [0.717, 1.165) is 21.7 Å². The SMILES string of the molecule is O=C(Nc1ccc2ncccc2c1)c1c[nH]c(=O)n(Cc2ccccc2F)c1=O. The van der Waals surface area contributed by atoms with E-state index in [4.69, 9.17) is 0 Å². The molecule has 0 bridgehead atoms. The van der Waals surface area contributed by atoms with Crippen molar-refractivity contribution in [2.75, 3.05) is 5.32 Å². The maximum atomic E-state index is 13.9. The second-order valence-electron chi connectivity index (χ2n) is 6.36. The Morgan fingerprint density at radius 2 is 1.93 bits per heavy atom. The van der Waals surface area contributed by atoms with Gasteiger partial charge in [-0.25, -0.2) is 9.18 Å². The number of carbonyl (C=O) groups excluding carboxylic acids is 1. The van der Waals surface area contributed by atoms with Crippen molar-refractivity contribution in [2.45, 2.75) is 6.54 Å². The van der Waals surface area contributed by atoms with Crippen molar-refractivity contribution >= 4 is 22.5 Å². The molecule has 0 atom stereocenters. The Kier molecular flexibility index (Phi) is 4.74. The van der Waals surface area contributed by atoms with Crippen molar-refractivity contribution in [3.63, 3.8) is 0 Å². The van der Waals surface area contributed by atoms with Crippen LogP contribution >= 0.6 is 0 Å². The fourth-order valence-electron chi connectivity index (χ4n) is 2.97. The predicted octanol–water partition coefficient (Wildman–Crippen LogP) is 2.52. The molecule has 7 nitrogen and oxygen atoms in total. The van der Waals surface area contributed by atoms with Gasteiger partial charge in [0.1, 0.15) is 11.4 Å². The lowest BCUT2D eigenvalue weighted by molar-refractivity contribution is 0.102. The van der Waals surface area contributed by atoms with E-state index in [0.29, 0.717) is 5.69 Å². The number of rotatable bonds is 4. The molecule has 0 saturated carbocycles. The molecule has 0 aliphatic heterocycles. The number of pyridine rings is 1.